The van der Waals surface area contributed by atoms with E-state index in [4.69, 9.17) is 11.6 Å². The number of benzene rings is 2. The third-order valence-corrected chi connectivity index (χ3v) is 4.50. The molecule has 0 bridgehead atoms. The van der Waals surface area contributed by atoms with E-state index in [9.17, 15) is 14.4 Å². The van der Waals surface area contributed by atoms with Gasteiger partial charge < -0.3 is 15.1 Å². The average Bonchev–Trinajstić information content (AvgIpc) is 2.69. The van der Waals surface area contributed by atoms with Crippen LogP contribution in [0.1, 0.15) is 20.7 Å². The first kappa shape index (κ1) is 17.9. The summed E-state index contributed by atoms with van der Waals surface area (Å²) >= 11 is 5.82. The van der Waals surface area contributed by atoms with Crippen molar-refractivity contribution in [1.29, 1.82) is 0 Å². The molecule has 1 heterocycles. The second-order valence-corrected chi connectivity index (χ2v) is 6.41. The molecule has 0 aromatic heterocycles. The lowest BCUT2D eigenvalue weighted by molar-refractivity contribution is -0.119. The number of nitrogens with zero attached hydrogens (tertiary/aromatic N) is 2. The van der Waals surface area contributed by atoms with E-state index >= 15 is 0 Å². The van der Waals surface area contributed by atoms with Gasteiger partial charge in [-0.05, 0) is 48.5 Å². The van der Waals surface area contributed by atoms with E-state index < -0.39 is 0 Å². The van der Waals surface area contributed by atoms with E-state index in [1.807, 2.05) is 0 Å². The Labute approximate surface area is 156 Å². The minimum Gasteiger partial charge on any atom is -0.342 e. The maximum atomic E-state index is 12.5. The van der Waals surface area contributed by atoms with Crippen molar-refractivity contribution in [2.24, 2.45) is 0 Å². The average molecular weight is 372 g/mol. The van der Waals surface area contributed by atoms with E-state index in [2.05, 4.69) is 5.32 Å². The van der Waals surface area contributed by atoms with Crippen molar-refractivity contribution < 1.29 is 14.4 Å². The Balaban J connectivity index is 1.62. The first-order valence-electron chi connectivity index (χ1n) is 8.22. The zero-order valence-corrected chi connectivity index (χ0v) is 14.8. The minimum absolute atomic E-state index is 0.0970. The second-order valence-electron chi connectivity index (χ2n) is 5.97. The van der Waals surface area contributed by atoms with Crippen molar-refractivity contribution in [2.45, 2.75) is 0 Å². The normalized spacial score (nSPS) is 14.0. The molecule has 1 aliphatic rings. The molecule has 0 aliphatic carbocycles. The molecule has 6 nitrogen and oxygen atoms in total. The lowest BCUT2D eigenvalue weighted by Gasteiger charge is -2.32. The number of piperazine rings is 1. The Kier molecular flexibility index (Phi) is 5.53. The van der Waals surface area contributed by atoms with Gasteiger partial charge in [0.2, 0.25) is 6.41 Å². The first-order valence-corrected chi connectivity index (χ1v) is 8.60. The Bertz CT molecular complexity index is 798. The second kappa shape index (κ2) is 8.01. The van der Waals surface area contributed by atoms with Crippen LogP contribution in [0.3, 0.4) is 0 Å². The van der Waals surface area contributed by atoms with Crippen LogP contribution in [0, 0.1) is 0 Å². The molecule has 0 saturated carbocycles. The van der Waals surface area contributed by atoms with Gasteiger partial charge in [0, 0.05) is 48.0 Å². The number of carbonyl (C=O) groups is 3. The summed E-state index contributed by atoms with van der Waals surface area (Å²) in [6, 6.07) is 13.4. The monoisotopic (exact) mass is 371 g/mol. The van der Waals surface area contributed by atoms with Crippen LogP contribution < -0.4 is 5.32 Å². The SMILES string of the molecule is O=CN1CCN(C(=O)c2ccc(C(=O)Nc3ccc(Cl)cc3)cc2)CC1. The number of hydrogen-bond acceptors (Lipinski definition) is 3. The van der Waals surface area contributed by atoms with E-state index in [0.29, 0.717) is 48.0 Å². The fourth-order valence-electron chi connectivity index (χ4n) is 2.71. The van der Waals surface area contributed by atoms with Crippen LogP contribution in [0.4, 0.5) is 5.69 Å². The number of amides is 3. The minimum atomic E-state index is -0.258. The molecule has 1 aliphatic heterocycles. The topological polar surface area (TPSA) is 69.7 Å². The van der Waals surface area contributed by atoms with E-state index in [-0.39, 0.29) is 11.8 Å². The predicted molar refractivity (Wildman–Crippen MR) is 99.4 cm³/mol. The molecule has 0 atom stereocenters. The van der Waals surface area contributed by atoms with Gasteiger partial charge in [-0.1, -0.05) is 11.6 Å². The van der Waals surface area contributed by atoms with Gasteiger partial charge >= 0.3 is 0 Å². The maximum Gasteiger partial charge on any atom is 0.255 e. The Hall–Kier alpha value is -2.86. The molecule has 1 fully saturated rings. The third kappa shape index (κ3) is 4.21. The molecular weight excluding hydrogens is 354 g/mol. The summed E-state index contributed by atoms with van der Waals surface area (Å²) in [5.74, 6) is -0.355. The smallest absolute Gasteiger partial charge is 0.255 e. The summed E-state index contributed by atoms with van der Waals surface area (Å²) in [5.41, 5.74) is 1.63. The lowest BCUT2D eigenvalue weighted by Crippen LogP contribution is -2.48. The molecular formula is C19H18ClN3O3. The van der Waals surface area contributed by atoms with E-state index in [1.54, 1.807) is 58.3 Å². The molecule has 26 heavy (non-hydrogen) atoms. The van der Waals surface area contributed by atoms with E-state index in [1.165, 1.54) is 0 Å². The molecule has 7 heteroatoms. The van der Waals surface area contributed by atoms with Gasteiger partial charge in [-0.2, -0.15) is 0 Å². The summed E-state index contributed by atoms with van der Waals surface area (Å²) in [5, 5.41) is 3.37. The maximum absolute atomic E-state index is 12.5. The van der Waals surface area contributed by atoms with Crippen LogP contribution in [0.15, 0.2) is 48.5 Å². The molecule has 3 amide bonds. The van der Waals surface area contributed by atoms with Crippen molar-refractivity contribution in [1.82, 2.24) is 9.80 Å². The molecule has 1 N–H and O–H groups in total. The van der Waals surface area contributed by atoms with Gasteiger partial charge in [0.1, 0.15) is 0 Å². The number of carbonyl (C=O) groups excluding carboxylic acids is 3. The molecule has 0 spiro atoms. The van der Waals surface area contributed by atoms with Crippen molar-refractivity contribution in [2.75, 3.05) is 31.5 Å². The Morgan fingerprint density at radius 3 is 2.04 bits per heavy atom. The summed E-state index contributed by atoms with van der Waals surface area (Å²) in [7, 11) is 0. The van der Waals surface area contributed by atoms with Gasteiger partial charge in [0.15, 0.2) is 0 Å². The van der Waals surface area contributed by atoms with Gasteiger partial charge in [0.25, 0.3) is 11.8 Å². The summed E-state index contributed by atoms with van der Waals surface area (Å²) < 4.78 is 0. The van der Waals surface area contributed by atoms with Crippen LogP contribution in [0.25, 0.3) is 0 Å². The van der Waals surface area contributed by atoms with Crippen molar-refractivity contribution >= 4 is 35.5 Å². The Morgan fingerprint density at radius 2 is 1.46 bits per heavy atom. The highest BCUT2D eigenvalue weighted by molar-refractivity contribution is 6.30. The number of anilines is 1. The number of nitrogens with one attached hydrogen (secondary N) is 1. The van der Waals surface area contributed by atoms with Crippen molar-refractivity contribution in [3.8, 4) is 0 Å². The van der Waals surface area contributed by atoms with Gasteiger partial charge in [-0.15, -0.1) is 0 Å². The number of hydrogen-bond donors (Lipinski definition) is 1. The highest BCUT2D eigenvalue weighted by Gasteiger charge is 2.21. The molecule has 2 aromatic carbocycles. The molecule has 0 unspecified atom stereocenters. The van der Waals surface area contributed by atoms with Gasteiger partial charge in [-0.3, -0.25) is 14.4 Å². The third-order valence-electron chi connectivity index (χ3n) is 4.25. The van der Waals surface area contributed by atoms with Gasteiger partial charge in [0.05, 0.1) is 0 Å². The Morgan fingerprint density at radius 1 is 0.885 bits per heavy atom. The van der Waals surface area contributed by atoms with Crippen LogP contribution in [-0.2, 0) is 4.79 Å². The highest BCUT2D eigenvalue weighted by atomic mass is 35.5. The standard InChI is InChI=1S/C19H18ClN3O3/c20-16-5-7-17(8-6-16)21-18(25)14-1-3-15(4-2-14)19(26)23-11-9-22(13-24)10-12-23/h1-8,13H,9-12H2,(H,21,25). The van der Waals surface area contributed by atoms with Crippen molar-refractivity contribution in [3.63, 3.8) is 0 Å². The zero-order chi connectivity index (χ0) is 18.5. The largest absolute Gasteiger partial charge is 0.342 e. The summed E-state index contributed by atoms with van der Waals surface area (Å²) in [4.78, 5) is 38.9. The lowest BCUT2D eigenvalue weighted by atomic mass is 10.1. The van der Waals surface area contributed by atoms with Crippen LogP contribution in [0.2, 0.25) is 5.02 Å². The number of rotatable bonds is 4. The molecule has 2 aromatic rings. The summed E-state index contributed by atoms with van der Waals surface area (Å²) in [6.45, 7) is 2.10. The fraction of sp³-hybridized carbons (Fsp3) is 0.211. The number of halogens is 1. The van der Waals surface area contributed by atoms with Crippen LogP contribution >= 0.6 is 11.6 Å². The first-order chi connectivity index (χ1) is 12.6. The molecule has 0 radical (unpaired) electrons. The molecule has 3 rings (SSSR count). The molecule has 134 valence electrons. The van der Waals surface area contributed by atoms with Crippen molar-refractivity contribution in [3.05, 3.63) is 64.7 Å². The molecule has 1 saturated heterocycles. The highest BCUT2D eigenvalue weighted by Crippen LogP contribution is 2.15. The fourth-order valence-corrected chi connectivity index (χ4v) is 2.84. The predicted octanol–water partition coefficient (Wildman–Crippen LogP) is 2.51. The summed E-state index contributed by atoms with van der Waals surface area (Å²) in [6.07, 6.45) is 0.801. The van der Waals surface area contributed by atoms with Gasteiger partial charge in [-0.25, -0.2) is 0 Å². The van der Waals surface area contributed by atoms with Crippen LogP contribution in [0.5, 0.6) is 0 Å². The quantitative estimate of drug-likeness (QED) is 0.839. The van der Waals surface area contributed by atoms with Crippen LogP contribution in [-0.4, -0.2) is 54.2 Å². The van der Waals surface area contributed by atoms with E-state index in [0.717, 1.165) is 6.41 Å². The zero-order valence-electron chi connectivity index (χ0n) is 14.0.